The van der Waals surface area contributed by atoms with Gasteiger partial charge in [0, 0.05) is 18.3 Å². The zero-order valence-corrected chi connectivity index (χ0v) is 15.6. The van der Waals surface area contributed by atoms with Gasteiger partial charge < -0.3 is 10.6 Å². The normalized spacial score (nSPS) is 15.3. The second-order valence-electron chi connectivity index (χ2n) is 6.27. The summed E-state index contributed by atoms with van der Waals surface area (Å²) in [4.78, 5) is 24.2. The van der Waals surface area contributed by atoms with Gasteiger partial charge in [-0.15, -0.1) is 0 Å². The third-order valence-corrected chi connectivity index (χ3v) is 6.11. The van der Waals surface area contributed by atoms with Gasteiger partial charge in [0.25, 0.3) is 0 Å². The van der Waals surface area contributed by atoms with E-state index in [1.54, 1.807) is 19.1 Å². The minimum Gasteiger partial charge on any atom is -0.317 e. The van der Waals surface area contributed by atoms with Gasteiger partial charge >= 0.3 is 11.8 Å². The van der Waals surface area contributed by atoms with Crippen LogP contribution in [0, 0.1) is 18.6 Å². The number of amides is 2. The number of hydrogen-bond donors (Lipinski definition) is 2. The van der Waals surface area contributed by atoms with Gasteiger partial charge in [-0.3, -0.25) is 13.9 Å². The lowest BCUT2D eigenvalue weighted by molar-refractivity contribution is -0.133. The van der Waals surface area contributed by atoms with Crippen molar-refractivity contribution in [1.82, 2.24) is 0 Å². The number of carbonyl (C=O) groups is 2. The van der Waals surface area contributed by atoms with E-state index in [1.807, 2.05) is 5.32 Å². The molecule has 7 nitrogen and oxygen atoms in total. The molecule has 2 aromatic carbocycles. The van der Waals surface area contributed by atoms with Crippen molar-refractivity contribution >= 4 is 38.9 Å². The number of benzene rings is 2. The Hall–Kier alpha value is -3.01. The SMILES string of the molecule is Cc1ccc(N2CCCS2(=O)=O)cc1NC(=O)C(=O)Nc1cc(F)ccc1F. The van der Waals surface area contributed by atoms with Crippen LogP contribution in [0.2, 0.25) is 0 Å². The topological polar surface area (TPSA) is 95.6 Å². The molecule has 0 bridgehead atoms. The smallest absolute Gasteiger partial charge is 0.314 e. The van der Waals surface area contributed by atoms with Gasteiger partial charge in [-0.1, -0.05) is 6.07 Å². The fourth-order valence-corrected chi connectivity index (χ4v) is 4.34. The summed E-state index contributed by atoms with van der Waals surface area (Å²) in [7, 11) is -3.40. The quantitative estimate of drug-likeness (QED) is 0.761. The number of nitrogens with zero attached hydrogens (tertiary/aromatic N) is 1. The highest BCUT2D eigenvalue weighted by atomic mass is 32.2. The second kappa shape index (κ2) is 7.55. The maximum atomic E-state index is 13.6. The zero-order chi connectivity index (χ0) is 20.5. The minimum absolute atomic E-state index is 0.0458. The molecule has 2 aromatic rings. The average molecular weight is 409 g/mol. The molecule has 0 aliphatic carbocycles. The molecule has 0 radical (unpaired) electrons. The summed E-state index contributed by atoms with van der Waals surface area (Å²) in [5.41, 5.74) is 0.738. The van der Waals surface area contributed by atoms with Crippen LogP contribution in [0.15, 0.2) is 36.4 Å². The third kappa shape index (κ3) is 4.11. The van der Waals surface area contributed by atoms with Crippen LogP contribution in [0.1, 0.15) is 12.0 Å². The van der Waals surface area contributed by atoms with E-state index in [4.69, 9.17) is 0 Å². The number of halogens is 2. The van der Waals surface area contributed by atoms with Crippen molar-refractivity contribution in [1.29, 1.82) is 0 Å². The van der Waals surface area contributed by atoms with E-state index in [-0.39, 0.29) is 11.4 Å². The largest absolute Gasteiger partial charge is 0.317 e. The molecular formula is C18H17F2N3O4S. The predicted octanol–water partition coefficient (Wildman–Crippen LogP) is 2.39. The van der Waals surface area contributed by atoms with Crippen LogP contribution in [0.3, 0.4) is 0 Å². The van der Waals surface area contributed by atoms with E-state index >= 15 is 0 Å². The lowest BCUT2D eigenvalue weighted by atomic mass is 10.1. The average Bonchev–Trinajstić information content (AvgIpc) is 2.99. The maximum absolute atomic E-state index is 13.6. The van der Waals surface area contributed by atoms with Crippen LogP contribution in [-0.4, -0.2) is 32.5 Å². The highest BCUT2D eigenvalue weighted by Gasteiger charge is 2.29. The Balaban J connectivity index is 1.77. The molecule has 10 heteroatoms. The maximum Gasteiger partial charge on any atom is 0.314 e. The molecule has 3 rings (SSSR count). The molecule has 2 amide bonds. The molecule has 28 heavy (non-hydrogen) atoms. The standard InChI is InChI=1S/C18H17F2N3O4S/c1-11-3-5-13(23-7-2-8-28(23,26)27)10-15(11)21-17(24)18(25)22-16-9-12(19)4-6-14(16)20/h3-6,9-10H,2,7-8H2,1H3,(H,21,24)(H,22,25). The van der Waals surface area contributed by atoms with E-state index in [0.717, 1.165) is 18.2 Å². The lowest BCUT2D eigenvalue weighted by Crippen LogP contribution is -2.30. The van der Waals surface area contributed by atoms with Crippen molar-refractivity contribution in [3.63, 3.8) is 0 Å². The number of rotatable bonds is 3. The van der Waals surface area contributed by atoms with Gasteiger partial charge in [-0.25, -0.2) is 17.2 Å². The Labute approximate surface area is 160 Å². The Kier molecular flexibility index (Phi) is 5.32. The number of aryl methyl sites for hydroxylation is 1. The van der Waals surface area contributed by atoms with Gasteiger partial charge in [0.15, 0.2) is 0 Å². The summed E-state index contributed by atoms with van der Waals surface area (Å²) in [6.45, 7) is 2.00. The molecule has 1 heterocycles. The van der Waals surface area contributed by atoms with Crippen molar-refractivity contribution in [2.45, 2.75) is 13.3 Å². The van der Waals surface area contributed by atoms with E-state index in [1.165, 1.54) is 10.4 Å². The number of carbonyl (C=O) groups excluding carboxylic acids is 2. The van der Waals surface area contributed by atoms with Gasteiger partial charge in [-0.05, 0) is 43.2 Å². The molecular weight excluding hydrogens is 392 g/mol. The number of anilines is 3. The highest BCUT2D eigenvalue weighted by molar-refractivity contribution is 7.93. The molecule has 1 saturated heterocycles. The van der Waals surface area contributed by atoms with Crippen LogP contribution in [0.4, 0.5) is 25.8 Å². The fraction of sp³-hybridized carbons (Fsp3) is 0.222. The first-order chi connectivity index (χ1) is 13.2. The van der Waals surface area contributed by atoms with Crippen LogP contribution < -0.4 is 14.9 Å². The summed E-state index contributed by atoms with van der Waals surface area (Å²) in [5, 5.41) is 4.37. The Morgan fingerprint density at radius 3 is 2.32 bits per heavy atom. The van der Waals surface area contributed by atoms with Crippen molar-refractivity contribution in [3.8, 4) is 0 Å². The van der Waals surface area contributed by atoms with Crippen LogP contribution >= 0.6 is 0 Å². The third-order valence-electron chi connectivity index (χ3n) is 4.24. The molecule has 0 spiro atoms. The number of hydrogen-bond acceptors (Lipinski definition) is 4. The summed E-state index contributed by atoms with van der Waals surface area (Å²) >= 11 is 0. The summed E-state index contributed by atoms with van der Waals surface area (Å²) < 4.78 is 52.1. The van der Waals surface area contributed by atoms with E-state index in [9.17, 15) is 26.8 Å². The second-order valence-corrected chi connectivity index (χ2v) is 8.29. The van der Waals surface area contributed by atoms with E-state index in [0.29, 0.717) is 24.2 Å². The first kappa shape index (κ1) is 19.7. The summed E-state index contributed by atoms with van der Waals surface area (Å²) in [6.07, 6.45) is 0.500. The predicted molar refractivity (Wildman–Crippen MR) is 101 cm³/mol. The molecule has 2 N–H and O–H groups in total. The van der Waals surface area contributed by atoms with Crippen LogP contribution in [0.25, 0.3) is 0 Å². The summed E-state index contributed by atoms with van der Waals surface area (Å²) in [5.74, 6) is -3.91. The molecule has 1 aliphatic heterocycles. The molecule has 1 aliphatic rings. The zero-order valence-electron chi connectivity index (χ0n) is 14.8. The molecule has 148 valence electrons. The van der Waals surface area contributed by atoms with Crippen molar-refractivity contribution in [2.75, 3.05) is 27.2 Å². The highest BCUT2D eigenvalue weighted by Crippen LogP contribution is 2.28. The molecule has 0 atom stereocenters. The van der Waals surface area contributed by atoms with Gasteiger partial charge in [0.2, 0.25) is 10.0 Å². The lowest BCUT2D eigenvalue weighted by Gasteiger charge is -2.19. The van der Waals surface area contributed by atoms with Crippen LogP contribution in [0.5, 0.6) is 0 Å². The molecule has 0 unspecified atom stereocenters. The van der Waals surface area contributed by atoms with Gasteiger partial charge in [-0.2, -0.15) is 0 Å². The number of sulfonamides is 1. The summed E-state index contributed by atoms with van der Waals surface area (Å²) in [6, 6.07) is 7.13. The molecule has 0 saturated carbocycles. The van der Waals surface area contributed by atoms with Gasteiger partial charge in [0.05, 0.1) is 17.1 Å². The first-order valence-electron chi connectivity index (χ1n) is 8.36. The fourth-order valence-electron chi connectivity index (χ4n) is 2.78. The van der Waals surface area contributed by atoms with Crippen molar-refractivity contribution in [2.24, 2.45) is 0 Å². The molecule has 1 fully saturated rings. The molecule has 0 aromatic heterocycles. The number of nitrogens with one attached hydrogen (secondary N) is 2. The minimum atomic E-state index is -3.40. The van der Waals surface area contributed by atoms with Crippen molar-refractivity contribution < 1.29 is 26.8 Å². The Morgan fingerprint density at radius 2 is 1.68 bits per heavy atom. The van der Waals surface area contributed by atoms with Gasteiger partial charge in [0.1, 0.15) is 11.6 Å². The van der Waals surface area contributed by atoms with E-state index < -0.39 is 39.2 Å². The van der Waals surface area contributed by atoms with Crippen molar-refractivity contribution in [3.05, 3.63) is 53.6 Å². The van der Waals surface area contributed by atoms with Crippen LogP contribution in [-0.2, 0) is 19.6 Å². The monoisotopic (exact) mass is 409 g/mol. The Morgan fingerprint density at radius 1 is 1.00 bits per heavy atom. The van der Waals surface area contributed by atoms with E-state index in [2.05, 4.69) is 5.32 Å². The Bertz CT molecular complexity index is 1060. The first-order valence-corrected chi connectivity index (χ1v) is 9.97.